The van der Waals surface area contributed by atoms with Gasteiger partial charge < -0.3 is 19.9 Å². The number of aromatic nitrogens is 2. The average molecular weight is 395 g/mol. The van der Waals surface area contributed by atoms with E-state index in [-0.39, 0.29) is 17.7 Å². The lowest BCUT2D eigenvalue weighted by atomic mass is 9.96. The second kappa shape index (κ2) is 5.33. The zero-order valence-corrected chi connectivity index (χ0v) is 15.4. The van der Waals surface area contributed by atoms with Crippen LogP contribution in [0, 0.1) is 0 Å². The van der Waals surface area contributed by atoms with Gasteiger partial charge in [0, 0.05) is 24.8 Å². The van der Waals surface area contributed by atoms with Crippen LogP contribution >= 0.6 is 11.6 Å². The molecule has 7 nitrogen and oxygen atoms in total. The third-order valence-corrected chi connectivity index (χ3v) is 6.38. The molecule has 3 aliphatic rings. The maximum Gasteiger partial charge on any atom is 0.252 e. The van der Waals surface area contributed by atoms with E-state index in [9.17, 15) is 9.59 Å². The number of pyridine rings is 1. The maximum atomic E-state index is 13.3. The summed E-state index contributed by atoms with van der Waals surface area (Å²) in [5.74, 6) is -0.206. The molecule has 2 N–H and O–H groups in total. The van der Waals surface area contributed by atoms with Crippen molar-refractivity contribution in [3.8, 4) is 0 Å². The zero-order valence-electron chi connectivity index (χ0n) is 14.7. The molecule has 28 heavy (non-hydrogen) atoms. The lowest BCUT2D eigenvalue weighted by molar-refractivity contribution is -0.119. The molecule has 0 saturated carbocycles. The minimum Gasteiger partial charge on any atom is -0.379 e. The van der Waals surface area contributed by atoms with Crippen LogP contribution in [-0.4, -0.2) is 46.5 Å². The summed E-state index contributed by atoms with van der Waals surface area (Å²) >= 11 is 6.25. The number of carbonyl (C=O) groups excluding carboxylic acids is 2. The van der Waals surface area contributed by atoms with E-state index in [2.05, 4.69) is 20.2 Å². The van der Waals surface area contributed by atoms with Gasteiger partial charge in [-0.25, -0.2) is 4.98 Å². The van der Waals surface area contributed by atoms with E-state index in [0.717, 1.165) is 5.69 Å². The van der Waals surface area contributed by atoms with E-state index >= 15 is 0 Å². The fraction of sp³-hybridized carbons (Fsp3) is 0.250. The molecule has 0 radical (unpaired) electrons. The van der Waals surface area contributed by atoms with Crippen LogP contribution in [0.15, 0.2) is 36.7 Å². The molecule has 1 spiro atoms. The number of ether oxygens (including phenoxy) is 1. The second-order valence-corrected chi connectivity index (χ2v) is 7.75. The first kappa shape index (κ1) is 16.1. The minimum atomic E-state index is -0.582. The lowest BCUT2D eigenvalue weighted by Crippen LogP contribution is -2.42. The van der Waals surface area contributed by atoms with Gasteiger partial charge in [-0.1, -0.05) is 23.7 Å². The van der Waals surface area contributed by atoms with Gasteiger partial charge in [-0.05, 0) is 12.1 Å². The van der Waals surface area contributed by atoms with Crippen LogP contribution in [0.3, 0.4) is 0 Å². The Morgan fingerprint density at radius 2 is 2.18 bits per heavy atom. The topological polar surface area (TPSA) is 87.1 Å². The molecule has 1 unspecified atom stereocenters. The van der Waals surface area contributed by atoms with Gasteiger partial charge in [-0.3, -0.25) is 9.59 Å². The van der Waals surface area contributed by atoms with E-state index in [1.54, 1.807) is 36.7 Å². The number of nitrogens with zero attached hydrogens (tertiary/aromatic N) is 2. The predicted molar refractivity (Wildman–Crippen MR) is 104 cm³/mol. The van der Waals surface area contributed by atoms with Crippen molar-refractivity contribution in [1.29, 1.82) is 0 Å². The zero-order chi connectivity index (χ0) is 19.0. The van der Waals surface area contributed by atoms with Crippen molar-refractivity contribution in [2.24, 2.45) is 0 Å². The minimum absolute atomic E-state index is 0.0220. The first-order valence-corrected chi connectivity index (χ1v) is 9.48. The lowest BCUT2D eigenvalue weighted by Gasteiger charge is -2.26. The third kappa shape index (κ3) is 1.85. The molecule has 140 valence electrons. The van der Waals surface area contributed by atoms with Crippen LogP contribution in [0.5, 0.6) is 0 Å². The number of H-pyrrole nitrogens is 1. The summed E-state index contributed by atoms with van der Waals surface area (Å²) in [7, 11) is 0. The van der Waals surface area contributed by atoms with Crippen molar-refractivity contribution in [1.82, 2.24) is 9.97 Å². The highest BCUT2D eigenvalue weighted by Crippen LogP contribution is 2.57. The molecule has 0 bridgehead atoms. The second-order valence-electron chi connectivity index (χ2n) is 7.34. The first-order chi connectivity index (χ1) is 13.6. The Hall–Kier alpha value is -2.90. The number of fused-ring (bicyclic) bond motifs is 5. The normalized spacial score (nSPS) is 25.0. The fourth-order valence-corrected chi connectivity index (χ4v) is 4.89. The number of halogens is 1. The predicted octanol–water partition coefficient (Wildman–Crippen LogP) is 2.75. The van der Waals surface area contributed by atoms with Gasteiger partial charge in [-0.2, -0.15) is 0 Å². The number of hydrogen-bond donors (Lipinski definition) is 2. The summed E-state index contributed by atoms with van der Waals surface area (Å²) in [6.45, 7) is 1.04. The Bertz CT molecular complexity index is 1190. The Morgan fingerprint density at radius 1 is 1.32 bits per heavy atom. The molecule has 2 saturated heterocycles. The van der Waals surface area contributed by atoms with E-state index in [1.807, 2.05) is 0 Å². The molecule has 2 aromatic heterocycles. The summed E-state index contributed by atoms with van der Waals surface area (Å²) in [5, 5.41) is 4.10. The van der Waals surface area contributed by atoms with E-state index < -0.39 is 5.54 Å². The van der Waals surface area contributed by atoms with Crippen LogP contribution in [0.2, 0.25) is 5.02 Å². The number of nitrogens with one attached hydrogen (secondary N) is 2. The summed E-state index contributed by atoms with van der Waals surface area (Å²) in [6.07, 6.45) is 3.93. The van der Waals surface area contributed by atoms with Gasteiger partial charge in [0.2, 0.25) is 0 Å². The molecule has 5 heterocycles. The SMILES string of the molecule is O=C(c1ccccc1Cl)c1c[nH]c2ncc3c(c12)N1C2COCC[C@@]21C(=O)N3. The van der Waals surface area contributed by atoms with Crippen LogP contribution in [0.1, 0.15) is 22.3 Å². The van der Waals surface area contributed by atoms with Gasteiger partial charge in [0.15, 0.2) is 5.78 Å². The molecular weight excluding hydrogens is 380 g/mol. The van der Waals surface area contributed by atoms with Crippen molar-refractivity contribution in [2.45, 2.75) is 18.0 Å². The monoisotopic (exact) mass is 394 g/mol. The fourth-order valence-electron chi connectivity index (χ4n) is 4.67. The Kier molecular flexibility index (Phi) is 3.07. The number of ketones is 1. The highest BCUT2D eigenvalue weighted by Gasteiger charge is 2.71. The van der Waals surface area contributed by atoms with E-state index in [1.165, 1.54) is 0 Å². The molecule has 0 aliphatic carbocycles. The van der Waals surface area contributed by atoms with Gasteiger partial charge in [0.05, 0.1) is 46.2 Å². The van der Waals surface area contributed by atoms with Crippen molar-refractivity contribution >= 4 is 45.7 Å². The van der Waals surface area contributed by atoms with Crippen molar-refractivity contribution in [2.75, 3.05) is 23.4 Å². The quantitative estimate of drug-likeness (QED) is 0.515. The highest BCUT2D eigenvalue weighted by molar-refractivity contribution is 6.36. The molecule has 2 atom stereocenters. The first-order valence-electron chi connectivity index (χ1n) is 9.11. The summed E-state index contributed by atoms with van der Waals surface area (Å²) in [5.41, 5.74) is 2.39. The van der Waals surface area contributed by atoms with Gasteiger partial charge in [0.1, 0.15) is 11.2 Å². The van der Waals surface area contributed by atoms with E-state index in [4.69, 9.17) is 16.3 Å². The molecule has 3 aliphatic heterocycles. The van der Waals surface area contributed by atoms with Gasteiger partial charge in [0.25, 0.3) is 5.91 Å². The number of benzene rings is 1. The number of amides is 1. The van der Waals surface area contributed by atoms with Crippen LogP contribution in [0.25, 0.3) is 11.0 Å². The number of hydrogen-bond acceptors (Lipinski definition) is 5. The number of anilines is 2. The van der Waals surface area contributed by atoms with Gasteiger partial charge in [-0.15, -0.1) is 0 Å². The number of rotatable bonds is 2. The largest absolute Gasteiger partial charge is 0.379 e. The van der Waals surface area contributed by atoms with Crippen LogP contribution in [-0.2, 0) is 9.53 Å². The van der Waals surface area contributed by atoms with Crippen LogP contribution in [0.4, 0.5) is 11.4 Å². The summed E-state index contributed by atoms with van der Waals surface area (Å²) in [4.78, 5) is 35.6. The molecule has 1 amide bonds. The molecule has 1 aromatic carbocycles. The summed E-state index contributed by atoms with van der Waals surface area (Å²) < 4.78 is 5.60. The van der Waals surface area contributed by atoms with Crippen LogP contribution < -0.4 is 10.2 Å². The standard InChI is InChI=1S/C20H15ClN4O3/c21-12-4-2-1-3-10(12)17(26)11-7-22-18-15(11)16-13(8-23-18)24-19(27)20-5-6-28-9-14(20)25(16)20/h1-4,7-8,14H,5-6,9H2,(H,22,23)(H,24,27)/t14?,20-,25?/m0/s1. The van der Waals surface area contributed by atoms with Crippen molar-refractivity contribution in [3.63, 3.8) is 0 Å². The smallest absolute Gasteiger partial charge is 0.252 e. The summed E-state index contributed by atoms with van der Waals surface area (Å²) in [6, 6.07) is 6.96. The van der Waals surface area contributed by atoms with Crippen molar-refractivity contribution < 1.29 is 14.3 Å². The van der Waals surface area contributed by atoms with Crippen molar-refractivity contribution in [3.05, 3.63) is 52.8 Å². The third-order valence-electron chi connectivity index (χ3n) is 6.05. The number of carbonyl (C=O) groups is 2. The molecular formula is C20H15ClN4O3. The molecule has 3 aromatic rings. The molecule has 8 heteroatoms. The highest BCUT2D eigenvalue weighted by atomic mass is 35.5. The number of aromatic amines is 1. The Balaban J connectivity index is 1.58. The Morgan fingerprint density at radius 3 is 3.04 bits per heavy atom. The maximum absolute atomic E-state index is 13.3. The van der Waals surface area contributed by atoms with E-state index in [0.29, 0.717) is 52.5 Å². The average Bonchev–Trinajstić information content (AvgIpc) is 3.22. The van der Waals surface area contributed by atoms with Gasteiger partial charge >= 0.3 is 0 Å². The molecule has 6 rings (SSSR count). The molecule has 2 fully saturated rings. The Labute approximate surface area is 164 Å².